The number of carbonyl (C=O) groups is 1. The summed E-state index contributed by atoms with van der Waals surface area (Å²) in [6, 6.07) is 4.93. The smallest absolute Gasteiger partial charge is 0.343 e. The fraction of sp³-hybridized carbons (Fsp3) is 0.316. The van der Waals surface area contributed by atoms with E-state index in [1.54, 1.807) is 19.2 Å². The van der Waals surface area contributed by atoms with Gasteiger partial charge in [-0.05, 0) is 44.0 Å². The summed E-state index contributed by atoms with van der Waals surface area (Å²) in [7, 11) is 0. The number of aromatic nitrogens is 3. The first kappa shape index (κ1) is 17.4. The molecule has 3 aromatic rings. The monoisotopic (exact) mass is 372 g/mol. The number of halogens is 2. The van der Waals surface area contributed by atoms with Crippen molar-refractivity contribution in [2.45, 2.75) is 25.8 Å². The highest BCUT2D eigenvalue weighted by atomic mass is 19.1. The molecule has 140 valence electrons. The van der Waals surface area contributed by atoms with Crippen molar-refractivity contribution < 1.29 is 18.3 Å². The Morgan fingerprint density at radius 3 is 3.00 bits per heavy atom. The van der Waals surface area contributed by atoms with Gasteiger partial charge in [-0.2, -0.15) is 5.10 Å². The first-order valence-electron chi connectivity index (χ1n) is 8.81. The van der Waals surface area contributed by atoms with Gasteiger partial charge in [0, 0.05) is 18.3 Å². The molecule has 6 nitrogen and oxygen atoms in total. The first-order valence-corrected chi connectivity index (χ1v) is 8.81. The summed E-state index contributed by atoms with van der Waals surface area (Å²) in [4.78, 5) is 18.6. The quantitative estimate of drug-likeness (QED) is 0.656. The number of ether oxygens (including phenoxy) is 1. The lowest BCUT2D eigenvalue weighted by Gasteiger charge is -2.26. The second-order valence-electron chi connectivity index (χ2n) is 6.35. The molecule has 1 atom stereocenters. The number of hydrogen-bond donors (Lipinski definition) is 0. The molecule has 1 aliphatic rings. The van der Waals surface area contributed by atoms with Crippen LogP contribution in [0.5, 0.6) is 0 Å². The Kier molecular flexibility index (Phi) is 4.47. The van der Waals surface area contributed by atoms with Crippen LogP contribution in [0.2, 0.25) is 0 Å². The molecule has 8 heteroatoms. The fourth-order valence-corrected chi connectivity index (χ4v) is 3.51. The second-order valence-corrected chi connectivity index (χ2v) is 6.35. The van der Waals surface area contributed by atoms with Crippen LogP contribution in [0.1, 0.15) is 41.7 Å². The molecule has 1 saturated heterocycles. The van der Waals surface area contributed by atoms with E-state index in [2.05, 4.69) is 10.1 Å². The summed E-state index contributed by atoms with van der Waals surface area (Å²) in [5, 5.41) is 4.12. The highest BCUT2D eigenvalue weighted by Crippen LogP contribution is 2.36. The van der Waals surface area contributed by atoms with E-state index in [1.165, 1.54) is 16.8 Å². The van der Waals surface area contributed by atoms with Crippen LogP contribution in [0.3, 0.4) is 0 Å². The van der Waals surface area contributed by atoms with E-state index >= 15 is 0 Å². The summed E-state index contributed by atoms with van der Waals surface area (Å²) in [6.07, 6.45) is 4.63. The molecule has 0 spiro atoms. The minimum absolute atomic E-state index is 0.253. The Morgan fingerprint density at radius 1 is 1.33 bits per heavy atom. The van der Waals surface area contributed by atoms with Crippen LogP contribution in [-0.2, 0) is 4.74 Å². The van der Waals surface area contributed by atoms with Crippen molar-refractivity contribution in [3.05, 3.63) is 59.4 Å². The van der Waals surface area contributed by atoms with Crippen LogP contribution in [0.25, 0.3) is 5.65 Å². The number of nitrogens with zero attached hydrogens (tertiary/aromatic N) is 4. The van der Waals surface area contributed by atoms with E-state index < -0.39 is 17.6 Å². The number of esters is 1. The third kappa shape index (κ3) is 3.11. The predicted molar refractivity (Wildman–Crippen MR) is 94.6 cm³/mol. The molecule has 1 aromatic carbocycles. The van der Waals surface area contributed by atoms with Gasteiger partial charge in [0.15, 0.2) is 5.65 Å². The molecule has 0 saturated carbocycles. The van der Waals surface area contributed by atoms with Gasteiger partial charge >= 0.3 is 5.97 Å². The Hall–Kier alpha value is -3.03. The van der Waals surface area contributed by atoms with E-state index in [9.17, 15) is 13.6 Å². The van der Waals surface area contributed by atoms with Gasteiger partial charge in [-0.1, -0.05) is 0 Å². The molecule has 0 bridgehead atoms. The highest BCUT2D eigenvalue weighted by Gasteiger charge is 2.30. The lowest BCUT2D eigenvalue weighted by molar-refractivity contribution is 0.0528. The molecule has 1 aliphatic heterocycles. The van der Waals surface area contributed by atoms with Crippen LogP contribution < -0.4 is 4.90 Å². The van der Waals surface area contributed by atoms with Crippen LogP contribution in [0.4, 0.5) is 14.6 Å². The molecule has 1 fully saturated rings. The number of fused-ring (bicyclic) bond motifs is 1. The number of rotatable bonds is 4. The SMILES string of the molecule is CCOC(=O)c1cnn2ccc(N3CCC[C@@H]3c3cc(F)ccc3F)nc12. The minimum Gasteiger partial charge on any atom is -0.462 e. The van der Waals surface area contributed by atoms with E-state index in [0.717, 1.165) is 18.6 Å². The molecule has 27 heavy (non-hydrogen) atoms. The Morgan fingerprint density at radius 2 is 2.19 bits per heavy atom. The van der Waals surface area contributed by atoms with E-state index in [-0.39, 0.29) is 18.2 Å². The van der Waals surface area contributed by atoms with Gasteiger partial charge in [0.1, 0.15) is 23.0 Å². The molecule has 0 amide bonds. The van der Waals surface area contributed by atoms with Gasteiger partial charge in [0.05, 0.1) is 18.8 Å². The van der Waals surface area contributed by atoms with Crippen LogP contribution in [0.15, 0.2) is 36.7 Å². The molecular formula is C19H18F2N4O2. The summed E-state index contributed by atoms with van der Waals surface area (Å²) in [6.45, 7) is 2.64. The lowest BCUT2D eigenvalue weighted by Crippen LogP contribution is -2.24. The summed E-state index contributed by atoms with van der Waals surface area (Å²) < 4.78 is 34.5. The number of hydrogen-bond acceptors (Lipinski definition) is 5. The van der Waals surface area contributed by atoms with Crippen molar-refractivity contribution in [1.82, 2.24) is 14.6 Å². The Balaban J connectivity index is 1.73. The molecule has 0 N–H and O–H groups in total. The van der Waals surface area contributed by atoms with Gasteiger partial charge < -0.3 is 9.64 Å². The van der Waals surface area contributed by atoms with Crippen molar-refractivity contribution in [3.63, 3.8) is 0 Å². The zero-order valence-corrected chi connectivity index (χ0v) is 14.7. The van der Waals surface area contributed by atoms with Crippen molar-refractivity contribution in [3.8, 4) is 0 Å². The van der Waals surface area contributed by atoms with Crippen molar-refractivity contribution in [2.75, 3.05) is 18.1 Å². The summed E-state index contributed by atoms with van der Waals surface area (Å²) in [5.74, 6) is -0.820. The third-order valence-corrected chi connectivity index (χ3v) is 4.71. The second kappa shape index (κ2) is 6.94. The first-order chi connectivity index (χ1) is 13.1. The molecule has 0 aliphatic carbocycles. The molecule has 4 rings (SSSR count). The molecule has 2 aromatic heterocycles. The number of benzene rings is 1. The summed E-state index contributed by atoms with van der Waals surface area (Å²) in [5.41, 5.74) is 0.955. The minimum atomic E-state index is -0.494. The average molecular weight is 372 g/mol. The number of carbonyl (C=O) groups excluding carboxylic acids is 1. The predicted octanol–water partition coefficient (Wildman–Crippen LogP) is 3.53. The maximum Gasteiger partial charge on any atom is 0.343 e. The maximum atomic E-state index is 14.3. The zero-order valence-electron chi connectivity index (χ0n) is 14.7. The average Bonchev–Trinajstić information content (AvgIpc) is 3.30. The van der Waals surface area contributed by atoms with Gasteiger partial charge in [-0.15, -0.1) is 0 Å². The molecule has 3 heterocycles. The Bertz CT molecular complexity index is 1000. The fourth-order valence-electron chi connectivity index (χ4n) is 3.51. The van der Waals surface area contributed by atoms with Crippen LogP contribution in [-0.4, -0.2) is 33.7 Å². The van der Waals surface area contributed by atoms with E-state index in [0.29, 0.717) is 30.0 Å². The number of anilines is 1. The van der Waals surface area contributed by atoms with Crippen molar-refractivity contribution in [1.29, 1.82) is 0 Å². The van der Waals surface area contributed by atoms with Crippen LogP contribution in [0, 0.1) is 11.6 Å². The van der Waals surface area contributed by atoms with E-state index in [1.807, 2.05) is 4.90 Å². The molecule has 0 unspecified atom stereocenters. The Labute approximate surface area is 154 Å². The summed E-state index contributed by atoms with van der Waals surface area (Å²) >= 11 is 0. The molecule has 0 radical (unpaired) electrons. The van der Waals surface area contributed by atoms with Crippen LogP contribution >= 0.6 is 0 Å². The third-order valence-electron chi connectivity index (χ3n) is 4.71. The van der Waals surface area contributed by atoms with Crippen molar-refractivity contribution >= 4 is 17.4 Å². The highest BCUT2D eigenvalue weighted by molar-refractivity contribution is 5.95. The standard InChI is InChI=1S/C19H18F2N4O2/c1-2-27-19(26)14-11-22-25-9-7-17(23-18(14)25)24-8-3-4-16(24)13-10-12(20)5-6-15(13)21/h5-7,9-11,16H,2-4,8H2,1H3/t16-/m1/s1. The lowest BCUT2D eigenvalue weighted by atomic mass is 10.0. The van der Waals surface area contributed by atoms with Gasteiger partial charge in [0.25, 0.3) is 0 Å². The zero-order chi connectivity index (χ0) is 19.0. The topological polar surface area (TPSA) is 59.7 Å². The van der Waals surface area contributed by atoms with Crippen molar-refractivity contribution in [2.24, 2.45) is 0 Å². The van der Waals surface area contributed by atoms with E-state index in [4.69, 9.17) is 4.74 Å². The largest absolute Gasteiger partial charge is 0.462 e. The molecular weight excluding hydrogens is 354 g/mol. The van der Waals surface area contributed by atoms with Gasteiger partial charge in [-0.25, -0.2) is 23.1 Å². The van der Waals surface area contributed by atoms with Gasteiger partial charge in [-0.3, -0.25) is 0 Å². The maximum absolute atomic E-state index is 14.3. The normalized spacial score (nSPS) is 16.9. The van der Waals surface area contributed by atoms with Gasteiger partial charge in [0.2, 0.25) is 0 Å².